The van der Waals surface area contributed by atoms with E-state index in [1.54, 1.807) is 30.5 Å². The third-order valence-corrected chi connectivity index (χ3v) is 3.86. The lowest BCUT2D eigenvalue weighted by atomic mass is 10.2. The number of benzene rings is 2. The molecule has 0 spiro atoms. The Hall–Kier alpha value is -4.01. The van der Waals surface area contributed by atoms with Crippen LogP contribution in [0.3, 0.4) is 0 Å². The molecule has 2 aromatic carbocycles. The lowest BCUT2D eigenvalue weighted by Gasteiger charge is -2.09. The maximum atomic E-state index is 12.3. The number of hydrogen-bond acceptors (Lipinski definition) is 6. The van der Waals surface area contributed by atoms with Gasteiger partial charge >= 0.3 is 0 Å². The van der Waals surface area contributed by atoms with E-state index in [0.717, 1.165) is 5.56 Å². The van der Waals surface area contributed by atoms with Crippen LogP contribution in [0.15, 0.2) is 64.7 Å². The average Bonchev–Trinajstić information content (AvgIpc) is 3.01. The van der Waals surface area contributed by atoms with Crippen molar-refractivity contribution in [3.8, 4) is 0 Å². The number of amides is 3. The number of carbonyl (C=O) groups is 3. The van der Waals surface area contributed by atoms with E-state index in [1.807, 2.05) is 30.3 Å². The highest BCUT2D eigenvalue weighted by molar-refractivity contribution is 6.07. The Morgan fingerprint density at radius 3 is 2.55 bits per heavy atom. The van der Waals surface area contributed by atoms with Crippen LogP contribution in [0.5, 0.6) is 0 Å². The van der Waals surface area contributed by atoms with E-state index >= 15 is 0 Å². The third-order valence-electron chi connectivity index (χ3n) is 3.86. The molecule has 1 aliphatic rings. The zero-order chi connectivity index (χ0) is 20.6. The number of nitrogens with one attached hydrogen (secondary N) is 4. The fourth-order valence-corrected chi connectivity index (χ4v) is 2.61. The van der Waals surface area contributed by atoms with E-state index in [-0.39, 0.29) is 30.1 Å². The van der Waals surface area contributed by atoms with Gasteiger partial charge in [0.05, 0.1) is 12.6 Å². The molecule has 1 heterocycles. The molecule has 0 fully saturated rings. The van der Waals surface area contributed by atoms with Gasteiger partial charge in [0.1, 0.15) is 6.04 Å². The number of carbonyl (C=O) groups excluding carboxylic acids is 3. The molecule has 0 unspecified atom stereocenters. The molecule has 0 saturated carbocycles. The summed E-state index contributed by atoms with van der Waals surface area (Å²) >= 11 is 0. The van der Waals surface area contributed by atoms with Gasteiger partial charge < -0.3 is 10.6 Å². The van der Waals surface area contributed by atoms with Gasteiger partial charge in [-0.15, -0.1) is 0 Å². The Balaban J connectivity index is 1.54. The van der Waals surface area contributed by atoms with Gasteiger partial charge in [-0.3, -0.25) is 19.7 Å². The molecule has 9 heteroatoms. The Kier molecular flexibility index (Phi) is 6.31. The van der Waals surface area contributed by atoms with Crippen molar-refractivity contribution in [2.24, 2.45) is 10.1 Å². The second-order valence-corrected chi connectivity index (χ2v) is 6.28. The molecular weight excluding hydrogens is 372 g/mol. The number of aliphatic imine (C=N–C) groups is 1. The Morgan fingerprint density at radius 2 is 1.83 bits per heavy atom. The molecule has 2 aromatic rings. The third kappa shape index (κ3) is 5.99. The minimum atomic E-state index is -0.844. The van der Waals surface area contributed by atoms with Crippen molar-refractivity contribution in [1.29, 1.82) is 0 Å². The van der Waals surface area contributed by atoms with Crippen LogP contribution in [0.4, 0.5) is 11.4 Å². The summed E-state index contributed by atoms with van der Waals surface area (Å²) in [5.74, 6) is -0.777. The van der Waals surface area contributed by atoms with Crippen molar-refractivity contribution in [2.75, 3.05) is 10.6 Å². The van der Waals surface area contributed by atoms with Crippen molar-refractivity contribution in [2.45, 2.75) is 19.4 Å². The zero-order valence-corrected chi connectivity index (χ0v) is 15.7. The summed E-state index contributed by atoms with van der Waals surface area (Å²) in [6.45, 7) is 1.40. The molecule has 4 N–H and O–H groups in total. The zero-order valence-electron chi connectivity index (χ0n) is 15.7. The number of hydrazone groups is 1. The van der Waals surface area contributed by atoms with Crippen LogP contribution in [-0.2, 0) is 14.4 Å². The minimum absolute atomic E-state index is 0.121. The molecule has 9 nitrogen and oxygen atoms in total. The summed E-state index contributed by atoms with van der Waals surface area (Å²) < 4.78 is 0. The van der Waals surface area contributed by atoms with Crippen LogP contribution >= 0.6 is 0 Å². The standard InChI is InChI=1S/C20H20N6O3/c1-13(27)22-15-8-5-9-16(10-15)23-18(28)11-17-19(29)25-20(24-17)26-21-12-14-6-3-2-4-7-14/h2-10,12,17H,11H2,1H3,(H,22,27)(H,23,28)(H2,24,25,26,29)/b21-12-/t17-/m0/s1. The summed E-state index contributed by atoms with van der Waals surface area (Å²) in [4.78, 5) is 39.6. The van der Waals surface area contributed by atoms with Crippen molar-refractivity contribution in [3.63, 3.8) is 0 Å². The van der Waals surface area contributed by atoms with E-state index in [1.165, 1.54) is 6.92 Å². The van der Waals surface area contributed by atoms with Gasteiger partial charge in [0.25, 0.3) is 5.91 Å². The largest absolute Gasteiger partial charge is 0.326 e. The maximum absolute atomic E-state index is 12.3. The van der Waals surface area contributed by atoms with Gasteiger partial charge in [0.2, 0.25) is 17.8 Å². The highest BCUT2D eigenvalue weighted by Crippen LogP contribution is 2.16. The summed E-state index contributed by atoms with van der Waals surface area (Å²) in [6.07, 6.45) is 1.47. The summed E-state index contributed by atoms with van der Waals surface area (Å²) in [5, 5.41) is 11.9. The smallest absolute Gasteiger partial charge is 0.252 e. The Bertz CT molecular complexity index is 971. The number of hydrogen-bond donors (Lipinski definition) is 4. The first kappa shape index (κ1) is 19.7. The van der Waals surface area contributed by atoms with Crippen molar-refractivity contribution in [1.82, 2.24) is 10.7 Å². The van der Waals surface area contributed by atoms with Crippen molar-refractivity contribution < 1.29 is 14.4 Å². The van der Waals surface area contributed by atoms with Crippen LogP contribution in [0, 0.1) is 0 Å². The van der Waals surface area contributed by atoms with Crippen LogP contribution in [-0.4, -0.2) is 35.9 Å². The van der Waals surface area contributed by atoms with Crippen molar-refractivity contribution in [3.05, 3.63) is 60.2 Å². The summed E-state index contributed by atoms with van der Waals surface area (Å²) in [7, 11) is 0. The van der Waals surface area contributed by atoms with Gasteiger partial charge in [0, 0.05) is 18.3 Å². The molecule has 0 saturated heterocycles. The van der Waals surface area contributed by atoms with Gasteiger partial charge in [-0.1, -0.05) is 36.4 Å². The second-order valence-electron chi connectivity index (χ2n) is 6.28. The van der Waals surface area contributed by atoms with Crippen LogP contribution in [0.25, 0.3) is 0 Å². The number of rotatable bonds is 6. The number of anilines is 2. The summed E-state index contributed by atoms with van der Waals surface area (Å²) in [6, 6.07) is 15.3. The van der Waals surface area contributed by atoms with E-state index in [9.17, 15) is 14.4 Å². The molecule has 29 heavy (non-hydrogen) atoms. The highest BCUT2D eigenvalue weighted by atomic mass is 16.2. The first-order valence-corrected chi connectivity index (χ1v) is 8.90. The molecule has 0 radical (unpaired) electrons. The number of guanidine groups is 1. The van der Waals surface area contributed by atoms with Gasteiger partial charge in [0.15, 0.2) is 0 Å². The molecule has 3 rings (SSSR count). The molecule has 148 valence electrons. The SMILES string of the molecule is CC(=O)Nc1cccc(NC(=O)C[C@@H]2N=C(N/N=C\c3ccccc3)NC2=O)c1. The van der Waals surface area contributed by atoms with E-state index in [0.29, 0.717) is 11.4 Å². The Morgan fingerprint density at radius 1 is 1.10 bits per heavy atom. The first-order valence-electron chi connectivity index (χ1n) is 8.90. The van der Waals surface area contributed by atoms with E-state index in [2.05, 4.69) is 31.5 Å². The van der Waals surface area contributed by atoms with E-state index in [4.69, 9.17) is 0 Å². The molecule has 3 amide bonds. The minimum Gasteiger partial charge on any atom is -0.326 e. The topological polar surface area (TPSA) is 124 Å². The van der Waals surface area contributed by atoms with Crippen LogP contribution in [0.1, 0.15) is 18.9 Å². The number of nitrogens with zero attached hydrogens (tertiary/aromatic N) is 2. The highest BCUT2D eigenvalue weighted by Gasteiger charge is 2.28. The van der Waals surface area contributed by atoms with Crippen LogP contribution in [0.2, 0.25) is 0 Å². The van der Waals surface area contributed by atoms with Gasteiger partial charge in [-0.25, -0.2) is 10.4 Å². The molecule has 0 aromatic heterocycles. The fourth-order valence-electron chi connectivity index (χ4n) is 2.61. The summed E-state index contributed by atoms with van der Waals surface area (Å²) in [5.41, 5.74) is 4.62. The quantitative estimate of drug-likeness (QED) is 0.439. The van der Waals surface area contributed by atoms with E-state index < -0.39 is 6.04 Å². The second kappa shape index (κ2) is 9.27. The Labute approximate surface area is 167 Å². The first-order chi connectivity index (χ1) is 14.0. The predicted octanol–water partition coefficient (Wildman–Crippen LogP) is 1.45. The molecule has 1 aliphatic heterocycles. The molecule has 1 atom stereocenters. The maximum Gasteiger partial charge on any atom is 0.252 e. The fraction of sp³-hybridized carbons (Fsp3) is 0.150. The predicted molar refractivity (Wildman–Crippen MR) is 111 cm³/mol. The average molecular weight is 392 g/mol. The normalized spacial score (nSPS) is 15.6. The lowest BCUT2D eigenvalue weighted by molar-refractivity contribution is -0.123. The van der Waals surface area contributed by atoms with Gasteiger partial charge in [-0.05, 0) is 23.8 Å². The monoisotopic (exact) mass is 392 g/mol. The van der Waals surface area contributed by atoms with Crippen LogP contribution < -0.4 is 21.4 Å². The lowest BCUT2D eigenvalue weighted by Crippen LogP contribution is -2.35. The molecule has 0 aliphatic carbocycles. The molecular formula is C20H20N6O3. The van der Waals surface area contributed by atoms with Gasteiger partial charge in [-0.2, -0.15) is 5.10 Å². The van der Waals surface area contributed by atoms with Crippen molar-refractivity contribution >= 4 is 41.3 Å². The molecule has 0 bridgehead atoms.